The van der Waals surface area contributed by atoms with E-state index in [1.54, 1.807) is 0 Å². The average Bonchev–Trinajstić information content (AvgIpc) is 3.33. The van der Waals surface area contributed by atoms with Crippen LogP contribution in [0.5, 0.6) is 0 Å². The molecule has 0 aromatic carbocycles. The summed E-state index contributed by atoms with van der Waals surface area (Å²) >= 11 is 0. The van der Waals surface area contributed by atoms with Gasteiger partial charge < -0.3 is 64.2 Å². The van der Waals surface area contributed by atoms with Crippen molar-refractivity contribution in [2.45, 2.75) is 223 Å². The first kappa shape index (κ1) is 61.1. The van der Waals surface area contributed by atoms with E-state index in [-0.39, 0.29) is 19.4 Å². The zero-order valence-electron chi connectivity index (χ0n) is 41.1. The number of ether oxygens (including phenoxy) is 6. The smallest absolute Gasteiger partial charge is 0.306 e. The Bertz CT molecular complexity index is 1460. The lowest BCUT2D eigenvalue weighted by molar-refractivity contribution is -0.332. The van der Waals surface area contributed by atoms with Crippen molar-refractivity contribution in [2.75, 3.05) is 26.4 Å². The molecule has 390 valence electrons. The number of carbonyl (C=O) groups is 2. The maximum absolute atomic E-state index is 13.0. The van der Waals surface area contributed by atoms with Gasteiger partial charge in [0, 0.05) is 12.8 Å². The Kier molecular flexibility index (Phi) is 35.6. The Morgan fingerprint density at radius 2 is 0.941 bits per heavy atom. The molecule has 15 nitrogen and oxygen atoms in total. The van der Waals surface area contributed by atoms with Crippen LogP contribution < -0.4 is 0 Å². The largest absolute Gasteiger partial charge is 0.462 e. The zero-order valence-corrected chi connectivity index (χ0v) is 41.1. The summed E-state index contributed by atoms with van der Waals surface area (Å²) in [6, 6.07) is 0. The highest BCUT2D eigenvalue weighted by Gasteiger charge is 2.47. The number of hydrogen-bond acceptors (Lipinski definition) is 15. The summed E-state index contributed by atoms with van der Waals surface area (Å²) in [5.74, 6) is -1.01. The minimum atomic E-state index is -1.78. The van der Waals surface area contributed by atoms with E-state index in [0.29, 0.717) is 19.3 Å². The Morgan fingerprint density at radius 3 is 1.54 bits per heavy atom. The van der Waals surface area contributed by atoms with Crippen LogP contribution in [0.2, 0.25) is 0 Å². The van der Waals surface area contributed by atoms with Gasteiger partial charge >= 0.3 is 11.9 Å². The fraction of sp³-hybridized carbons (Fsp3) is 0.736. The van der Waals surface area contributed by atoms with Gasteiger partial charge in [-0.2, -0.15) is 0 Å². The quantitative estimate of drug-likeness (QED) is 0.0142. The van der Waals surface area contributed by atoms with Crippen LogP contribution in [-0.2, 0) is 38.0 Å². The molecular formula is C53H88O15. The Balaban J connectivity index is 1.86. The van der Waals surface area contributed by atoms with E-state index in [2.05, 4.69) is 74.6 Å². The zero-order chi connectivity index (χ0) is 49.6. The van der Waals surface area contributed by atoms with Crippen LogP contribution in [0.25, 0.3) is 0 Å². The molecular weight excluding hydrogens is 877 g/mol. The van der Waals surface area contributed by atoms with Gasteiger partial charge in [0.25, 0.3) is 0 Å². The lowest BCUT2D eigenvalue weighted by Gasteiger charge is -2.42. The summed E-state index contributed by atoms with van der Waals surface area (Å²) in [6.45, 7) is 2.45. The third-order valence-corrected chi connectivity index (χ3v) is 11.7. The van der Waals surface area contributed by atoms with Crippen molar-refractivity contribution in [2.24, 2.45) is 0 Å². The number of rotatable bonds is 38. The second-order valence-corrected chi connectivity index (χ2v) is 17.7. The Morgan fingerprint density at radius 1 is 0.485 bits per heavy atom. The Hall–Kier alpha value is -3.06. The summed E-state index contributed by atoms with van der Waals surface area (Å²) in [5, 5.41) is 72.0. The molecule has 0 aromatic heterocycles. The van der Waals surface area contributed by atoms with E-state index in [0.717, 1.165) is 64.2 Å². The second-order valence-electron chi connectivity index (χ2n) is 17.7. The number of allylic oxidation sites excluding steroid dienone is 12. The van der Waals surface area contributed by atoms with Gasteiger partial charge in [0.1, 0.15) is 55.4 Å². The van der Waals surface area contributed by atoms with Gasteiger partial charge in [-0.05, 0) is 77.0 Å². The molecule has 0 bridgehead atoms. The fourth-order valence-electron chi connectivity index (χ4n) is 7.43. The highest BCUT2D eigenvalue weighted by atomic mass is 16.7. The van der Waals surface area contributed by atoms with Crippen LogP contribution in [0.3, 0.4) is 0 Å². The molecule has 0 aromatic rings. The molecule has 0 saturated carbocycles. The van der Waals surface area contributed by atoms with E-state index < -0.39 is 99.3 Å². The second kappa shape index (κ2) is 39.6. The van der Waals surface area contributed by atoms with Gasteiger partial charge in [-0.25, -0.2) is 0 Å². The number of unbranched alkanes of at least 4 members (excludes halogenated alkanes) is 13. The molecule has 68 heavy (non-hydrogen) atoms. The van der Waals surface area contributed by atoms with Crippen LogP contribution in [0.15, 0.2) is 72.9 Å². The topological polar surface area (TPSA) is 231 Å². The number of carbonyl (C=O) groups excluding carboxylic acids is 2. The van der Waals surface area contributed by atoms with Gasteiger partial charge in [-0.3, -0.25) is 9.59 Å². The molecule has 0 aliphatic carbocycles. The summed E-state index contributed by atoms with van der Waals surface area (Å²) < 4.78 is 33.5. The molecule has 2 fully saturated rings. The van der Waals surface area contributed by atoms with Crippen molar-refractivity contribution in [3.8, 4) is 0 Å². The predicted octanol–water partition coefficient (Wildman–Crippen LogP) is 7.04. The molecule has 4 unspecified atom stereocenters. The molecule has 0 amide bonds. The third kappa shape index (κ3) is 27.4. The van der Waals surface area contributed by atoms with Crippen molar-refractivity contribution in [3.63, 3.8) is 0 Å². The van der Waals surface area contributed by atoms with Crippen molar-refractivity contribution in [1.82, 2.24) is 0 Å². The van der Waals surface area contributed by atoms with Crippen LogP contribution in [-0.4, -0.2) is 142 Å². The molecule has 2 aliphatic rings. The highest BCUT2D eigenvalue weighted by Crippen LogP contribution is 2.26. The minimum Gasteiger partial charge on any atom is -0.462 e. The monoisotopic (exact) mass is 965 g/mol. The summed E-state index contributed by atoms with van der Waals surface area (Å²) in [5.41, 5.74) is 0. The average molecular weight is 965 g/mol. The molecule has 7 N–H and O–H groups in total. The molecule has 11 atom stereocenters. The first-order chi connectivity index (χ1) is 33.0. The van der Waals surface area contributed by atoms with E-state index in [1.807, 2.05) is 12.2 Å². The third-order valence-electron chi connectivity index (χ3n) is 11.7. The lowest BCUT2D eigenvalue weighted by atomic mass is 9.98. The van der Waals surface area contributed by atoms with E-state index in [4.69, 9.17) is 28.4 Å². The molecule has 2 heterocycles. The van der Waals surface area contributed by atoms with Crippen molar-refractivity contribution in [3.05, 3.63) is 72.9 Å². The van der Waals surface area contributed by atoms with E-state index in [9.17, 15) is 45.3 Å². The standard InChI is InChI=1S/C53H88O15/c1-3-5-7-9-11-13-15-17-19-20-22-24-26-28-30-32-34-36-45(56)66-41(38-63-44(55)35-33-31-29-27-25-23-21-18-16-14-12-10-8-6-4-2)39-64-52-51(62)49(60)47(58)43(68-52)40-65-53-50(61)48(59)46(57)42(37-54)67-53/h11,13-14,16-19,21-22,24,28,30,41-43,46-54,57-62H,3-10,12,15,20,23,25-27,29,31-40H2,1-2H3/b13-11+,16-14+,19-17+,21-18+,24-22+,30-28+/t41-,42+,43+,46-,47-,48?,49?,50?,51?,52+,53+/m1/s1. The molecule has 2 saturated heterocycles. The predicted molar refractivity (Wildman–Crippen MR) is 261 cm³/mol. The van der Waals surface area contributed by atoms with Crippen LogP contribution >= 0.6 is 0 Å². The highest BCUT2D eigenvalue weighted by molar-refractivity contribution is 5.70. The SMILES string of the molecule is CCCCC/C=C/C/C=C/C/C=C/C/C=C/CCCC(=O)O[C@H](COC(=O)CCCCCCC/C=C/C=C/CCCCCC)CO[C@H]1O[C@@H](CO[C@H]2O[C@@H](CO)[C@@H](O)C(O)C2O)[C@@H](O)C(O)C1O. The molecule has 0 radical (unpaired) electrons. The number of aliphatic hydroxyl groups excluding tert-OH is 7. The van der Waals surface area contributed by atoms with Gasteiger partial charge in [-0.1, -0.05) is 138 Å². The van der Waals surface area contributed by atoms with Crippen LogP contribution in [0.4, 0.5) is 0 Å². The fourth-order valence-corrected chi connectivity index (χ4v) is 7.43. The van der Waals surface area contributed by atoms with E-state index >= 15 is 0 Å². The minimum absolute atomic E-state index is 0.0823. The Labute approximate surface area is 406 Å². The summed E-state index contributed by atoms with van der Waals surface area (Å²) in [7, 11) is 0. The molecule has 2 aliphatic heterocycles. The van der Waals surface area contributed by atoms with E-state index in [1.165, 1.54) is 44.9 Å². The van der Waals surface area contributed by atoms with Crippen molar-refractivity contribution >= 4 is 11.9 Å². The first-order valence-electron chi connectivity index (χ1n) is 25.5. The van der Waals surface area contributed by atoms with Gasteiger partial charge in [0.05, 0.1) is 19.8 Å². The van der Waals surface area contributed by atoms with Crippen LogP contribution in [0, 0.1) is 0 Å². The maximum Gasteiger partial charge on any atom is 0.306 e. The number of esters is 2. The van der Waals surface area contributed by atoms with Gasteiger partial charge in [-0.15, -0.1) is 0 Å². The lowest BCUT2D eigenvalue weighted by Crippen LogP contribution is -2.61. The number of aliphatic hydroxyl groups is 7. The maximum atomic E-state index is 13.0. The van der Waals surface area contributed by atoms with Gasteiger partial charge in [0.2, 0.25) is 0 Å². The van der Waals surface area contributed by atoms with Crippen LogP contribution in [0.1, 0.15) is 155 Å². The molecule has 2 rings (SSSR count). The van der Waals surface area contributed by atoms with Crippen molar-refractivity contribution < 1.29 is 73.8 Å². The van der Waals surface area contributed by atoms with Gasteiger partial charge in [0.15, 0.2) is 18.7 Å². The molecule has 15 heteroatoms. The van der Waals surface area contributed by atoms with Crippen molar-refractivity contribution in [1.29, 1.82) is 0 Å². The summed E-state index contributed by atoms with van der Waals surface area (Å²) in [6.07, 6.45) is 29.3. The summed E-state index contributed by atoms with van der Waals surface area (Å²) in [4.78, 5) is 25.7. The first-order valence-corrected chi connectivity index (χ1v) is 25.5. The number of hydrogen-bond donors (Lipinski definition) is 7. The normalized spacial score (nSPS) is 26.4. The molecule has 0 spiro atoms.